The molecule has 2 saturated carbocycles. The molecule has 0 heterocycles. The number of nitrogens with one attached hydrogen (secondary N) is 1. The number of hydrogen-bond acceptors (Lipinski definition) is 2. The van der Waals surface area contributed by atoms with Crippen molar-refractivity contribution in [2.24, 2.45) is 11.8 Å². The largest absolute Gasteiger partial charge is 0.316 e. The van der Waals surface area contributed by atoms with E-state index in [2.05, 4.69) is 12.2 Å². The molecular formula is C13H25NOS. The van der Waals surface area contributed by atoms with Crippen LogP contribution in [0.25, 0.3) is 0 Å². The van der Waals surface area contributed by atoms with Crippen molar-refractivity contribution in [1.82, 2.24) is 5.32 Å². The minimum atomic E-state index is -0.600. The van der Waals surface area contributed by atoms with E-state index < -0.39 is 10.8 Å². The van der Waals surface area contributed by atoms with E-state index >= 15 is 0 Å². The molecule has 2 aliphatic carbocycles. The minimum Gasteiger partial charge on any atom is -0.316 e. The van der Waals surface area contributed by atoms with Crippen molar-refractivity contribution < 1.29 is 4.21 Å². The lowest BCUT2D eigenvalue weighted by molar-refractivity contribution is 0.388. The fourth-order valence-corrected chi connectivity index (χ4v) is 4.92. The average Bonchev–Trinajstić information content (AvgIpc) is 3.09. The van der Waals surface area contributed by atoms with Crippen LogP contribution in [0.4, 0.5) is 0 Å². The Bertz CT molecular complexity index is 252. The van der Waals surface area contributed by atoms with E-state index in [1.54, 1.807) is 0 Å². The maximum absolute atomic E-state index is 12.3. The Morgan fingerprint density at radius 1 is 1.31 bits per heavy atom. The summed E-state index contributed by atoms with van der Waals surface area (Å²) in [5, 5.41) is 3.84. The summed E-state index contributed by atoms with van der Waals surface area (Å²) in [6.07, 6.45) is 7.68. The zero-order chi connectivity index (χ0) is 11.5. The van der Waals surface area contributed by atoms with Gasteiger partial charge in [0.25, 0.3) is 0 Å². The van der Waals surface area contributed by atoms with Gasteiger partial charge in [-0.25, -0.2) is 0 Å². The van der Waals surface area contributed by atoms with Gasteiger partial charge in [0, 0.05) is 27.8 Å². The number of rotatable bonds is 5. The van der Waals surface area contributed by atoms with Gasteiger partial charge >= 0.3 is 0 Å². The molecule has 0 aromatic heterocycles. The van der Waals surface area contributed by atoms with E-state index in [1.807, 2.05) is 7.05 Å². The lowest BCUT2D eigenvalue weighted by Crippen LogP contribution is -2.37. The van der Waals surface area contributed by atoms with Crippen molar-refractivity contribution in [1.29, 1.82) is 0 Å². The summed E-state index contributed by atoms with van der Waals surface area (Å²) in [5.74, 6) is 2.49. The Morgan fingerprint density at radius 2 is 2.06 bits per heavy atom. The molecule has 0 amide bonds. The van der Waals surface area contributed by atoms with Crippen LogP contribution in [0.1, 0.15) is 45.4 Å². The van der Waals surface area contributed by atoms with E-state index in [-0.39, 0.29) is 0 Å². The summed E-state index contributed by atoms with van der Waals surface area (Å²) in [7, 11) is 1.42. The standard InChI is InChI=1S/C13H25NOS/c1-10-4-3-5-12(8-10)16(15)9-13(14-2)11-6-7-11/h10-14H,3-9H2,1-2H3. The van der Waals surface area contributed by atoms with E-state index in [1.165, 1.54) is 38.5 Å². The topological polar surface area (TPSA) is 29.1 Å². The van der Waals surface area contributed by atoms with Crippen molar-refractivity contribution in [3.05, 3.63) is 0 Å². The first kappa shape index (κ1) is 12.6. The molecule has 0 radical (unpaired) electrons. The highest BCUT2D eigenvalue weighted by Crippen LogP contribution is 2.34. The molecule has 1 N–H and O–H groups in total. The third kappa shape index (κ3) is 3.30. The van der Waals surface area contributed by atoms with Gasteiger partial charge in [-0.3, -0.25) is 4.21 Å². The van der Waals surface area contributed by atoms with E-state index in [4.69, 9.17) is 0 Å². The second-order valence-corrected chi connectivity index (χ2v) is 7.44. The highest BCUT2D eigenvalue weighted by atomic mass is 32.2. The van der Waals surface area contributed by atoms with E-state index in [0.717, 1.165) is 17.6 Å². The Morgan fingerprint density at radius 3 is 2.62 bits per heavy atom. The number of hydrogen-bond donors (Lipinski definition) is 1. The van der Waals surface area contributed by atoms with Gasteiger partial charge in [0.1, 0.15) is 0 Å². The summed E-state index contributed by atoms with van der Waals surface area (Å²) in [4.78, 5) is 0. The van der Waals surface area contributed by atoms with Gasteiger partial charge in [0.05, 0.1) is 0 Å². The van der Waals surface area contributed by atoms with Crippen LogP contribution in [0.2, 0.25) is 0 Å². The van der Waals surface area contributed by atoms with Crippen molar-refractivity contribution in [2.75, 3.05) is 12.8 Å². The van der Waals surface area contributed by atoms with E-state index in [0.29, 0.717) is 11.3 Å². The summed E-state index contributed by atoms with van der Waals surface area (Å²) in [5.41, 5.74) is 0. The predicted molar refractivity (Wildman–Crippen MR) is 70.0 cm³/mol. The first-order valence-electron chi connectivity index (χ1n) is 6.75. The maximum atomic E-state index is 12.3. The Balaban J connectivity index is 1.81. The summed E-state index contributed by atoms with van der Waals surface area (Å²) >= 11 is 0. The van der Waals surface area contributed by atoms with Crippen LogP contribution >= 0.6 is 0 Å². The van der Waals surface area contributed by atoms with Crippen LogP contribution in [-0.2, 0) is 10.8 Å². The molecule has 2 nitrogen and oxygen atoms in total. The van der Waals surface area contributed by atoms with Crippen molar-refractivity contribution in [3.63, 3.8) is 0 Å². The van der Waals surface area contributed by atoms with Crippen LogP contribution < -0.4 is 5.32 Å². The molecule has 3 heteroatoms. The molecule has 2 fully saturated rings. The van der Waals surface area contributed by atoms with Crippen LogP contribution in [0.15, 0.2) is 0 Å². The van der Waals surface area contributed by atoms with Gasteiger partial charge in [0.2, 0.25) is 0 Å². The SMILES string of the molecule is CNC(CS(=O)C1CCCC(C)C1)C1CC1. The van der Waals surface area contributed by atoms with Crippen LogP contribution in [-0.4, -0.2) is 28.3 Å². The lowest BCUT2D eigenvalue weighted by Gasteiger charge is -2.27. The molecule has 4 unspecified atom stereocenters. The highest BCUT2D eigenvalue weighted by Gasteiger charge is 2.33. The normalized spacial score (nSPS) is 34.6. The monoisotopic (exact) mass is 243 g/mol. The molecule has 0 aliphatic heterocycles. The van der Waals surface area contributed by atoms with Crippen molar-refractivity contribution >= 4 is 10.8 Å². The van der Waals surface area contributed by atoms with Crippen LogP contribution in [0.3, 0.4) is 0 Å². The van der Waals surface area contributed by atoms with Gasteiger partial charge in [-0.1, -0.05) is 19.8 Å². The van der Waals surface area contributed by atoms with Crippen LogP contribution in [0, 0.1) is 11.8 Å². The quantitative estimate of drug-likeness (QED) is 0.803. The third-order valence-corrected chi connectivity index (χ3v) is 6.03. The van der Waals surface area contributed by atoms with Gasteiger partial charge < -0.3 is 5.32 Å². The summed E-state index contributed by atoms with van der Waals surface area (Å²) in [6.45, 7) is 2.31. The fraction of sp³-hybridized carbons (Fsp3) is 1.00. The average molecular weight is 243 g/mol. The van der Waals surface area contributed by atoms with Crippen LogP contribution in [0.5, 0.6) is 0 Å². The molecule has 4 atom stereocenters. The minimum absolute atomic E-state index is 0.485. The molecular weight excluding hydrogens is 218 g/mol. The second kappa shape index (κ2) is 5.63. The molecule has 2 aliphatic rings. The van der Waals surface area contributed by atoms with Crippen molar-refractivity contribution in [3.8, 4) is 0 Å². The van der Waals surface area contributed by atoms with Gasteiger partial charge in [0.15, 0.2) is 0 Å². The van der Waals surface area contributed by atoms with Crippen molar-refractivity contribution in [2.45, 2.75) is 56.7 Å². The molecule has 0 saturated heterocycles. The zero-order valence-corrected chi connectivity index (χ0v) is 11.4. The van der Waals surface area contributed by atoms with Gasteiger partial charge in [-0.2, -0.15) is 0 Å². The first-order valence-corrected chi connectivity index (χ1v) is 8.13. The molecule has 16 heavy (non-hydrogen) atoms. The third-order valence-electron chi connectivity index (χ3n) is 4.17. The predicted octanol–water partition coefficient (Wildman–Crippen LogP) is 2.31. The first-order chi connectivity index (χ1) is 7.70. The Kier molecular flexibility index (Phi) is 4.42. The summed E-state index contributed by atoms with van der Waals surface area (Å²) < 4.78 is 12.3. The van der Waals surface area contributed by atoms with Gasteiger partial charge in [-0.05, 0) is 44.6 Å². The Hall–Kier alpha value is 0.110. The molecule has 0 spiro atoms. The fourth-order valence-electron chi connectivity index (χ4n) is 2.88. The smallest absolute Gasteiger partial charge is 0.0394 e. The summed E-state index contributed by atoms with van der Waals surface area (Å²) in [6, 6.07) is 0.512. The zero-order valence-electron chi connectivity index (χ0n) is 10.6. The Labute approximate surface area is 102 Å². The maximum Gasteiger partial charge on any atom is 0.0394 e. The lowest BCUT2D eigenvalue weighted by atomic mass is 9.91. The molecule has 94 valence electrons. The molecule has 0 aromatic rings. The molecule has 2 rings (SSSR count). The van der Waals surface area contributed by atoms with Gasteiger partial charge in [-0.15, -0.1) is 0 Å². The highest BCUT2D eigenvalue weighted by molar-refractivity contribution is 7.85. The molecule has 0 bridgehead atoms. The molecule has 0 aromatic carbocycles. The van der Waals surface area contributed by atoms with E-state index in [9.17, 15) is 4.21 Å². The second-order valence-electron chi connectivity index (χ2n) is 5.67.